The lowest BCUT2D eigenvalue weighted by atomic mass is 9.75. The molecule has 20 heavy (non-hydrogen) atoms. The van der Waals surface area contributed by atoms with Crippen LogP contribution in [0.2, 0.25) is 0 Å². The van der Waals surface area contributed by atoms with Gasteiger partial charge in [0.25, 0.3) is 0 Å². The lowest BCUT2D eigenvalue weighted by Gasteiger charge is -2.28. The Bertz CT molecular complexity index is 527. The zero-order valence-electron chi connectivity index (χ0n) is 11.6. The Labute approximate surface area is 124 Å². The Morgan fingerprint density at radius 1 is 1.45 bits per heavy atom. The van der Waals surface area contributed by atoms with Gasteiger partial charge in [-0.2, -0.15) is 0 Å². The number of allylic oxidation sites excluding steroid dienone is 3. The first-order valence-electron chi connectivity index (χ1n) is 7.43. The molecule has 0 aromatic rings. The summed E-state index contributed by atoms with van der Waals surface area (Å²) < 4.78 is 6.13. The Balaban J connectivity index is 1.51. The molecule has 4 atom stereocenters. The van der Waals surface area contributed by atoms with Crippen LogP contribution < -0.4 is 0 Å². The van der Waals surface area contributed by atoms with E-state index in [0.717, 1.165) is 36.5 Å². The maximum Gasteiger partial charge on any atom is 0.250 e. The molecule has 0 aromatic carbocycles. The molecule has 107 valence electrons. The van der Waals surface area contributed by atoms with E-state index in [1.54, 1.807) is 0 Å². The average molecular weight is 293 g/mol. The normalized spacial score (nSPS) is 42.5. The van der Waals surface area contributed by atoms with Crippen LogP contribution in [0.15, 0.2) is 22.8 Å². The van der Waals surface area contributed by atoms with E-state index in [4.69, 9.17) is 16.3 Å². The van der Waals surface area contributed by atoms with Gasteiger partial charge in [0.1, 0.15) is 0 Å². The van der Waals surface area contributed by atoms with E-state index in [0.29, 0.717) is 24.4 Å². The third-order valence-electron chi connectivity index (χ3n) is 5.47. The first-order chi connectivity index (χ1) is 9.57. The molecule has 4 rings (SSSR count). The topological polar surface area (TPSA) is 29.5 Å². The SMILES string of the molecule is CC12CCC(O1)C1CN(C(=O)C3=CC=C(Cl)C[CH]3)CC12. The van der Waals surface area contributed by atoms with Gasteiger partial charge in [0.15, 0.2) is 0 Å². The summed E-state index contributed by atoms with van der Waals surface area (Å²) in [4.78, 5) is 14.6. The number of fused-ring (bicyclic) bond motifs is 5. The fraction of sp³-hybridized carbons (Fsp3) is 0.625. The number of hydrogen-bond donors (Lipinski definition) is 0. The third-order valence-corrected chi connectivity index (χ3v) is 5.75. The fourth-order valence-corrected chi connectivity index (χ4v) is 4.49. The zero-order valence-corrected chi connectivity index (χ0v) is 12.4. The van der Waals surface area contributed by atoms with Gasteiger partial charge in [-0.15, -0.1) is 0 Å². The van der Waals surface area contributed by atoms with E-state index >= 15 is 0 Å². The lowest BCUT2D eigenvalue weighted by Crippen LogP contribution is -2.36. The van der Waals surface area contributed by atoms with E-state index in [1.165, 1.54) is 0 Å². The summed E-state index contributed by atoms with van der Waals surface area (Å²) in [5.41, 5.74) is 0.797. The van der Waals surface area contributed by atoms with Crippen molar-refractivity contribution < 1.29 is 9.53 Å². The van der Waals surface area contributed by atoms with E-state index in [-0.39, 0.29) is 11.5 Å². The predicted molar refractivity (Wildman–Crippen MR) is 77.0 cm³/mol. The van der Waals surface area contributed by atoms with Crippen molar-refractivity contribution in [3.05, 3.63) is 29.2 Å². The van der Waals surface area contributed by atoms with Gasteiger partial charge < -0.3 is 9.64 Å². The van der Waals surface area contributed by atoms with Crippen molar-refractivity contribution in [1.82, 2.24) is 4.90 Å². The number of rotatable bonds is 1. The summed E-state index contributed by atoms with van der Waals surface area (Å²) in [6.45, 7) is 3.92. The molecule has 3 heterocycles. The van der Waals surface area contributed by atoms with E-state index in [1.807, 2.05) is 23.5 Å². The lowest BCUT2D eigenvalue weighted by molar-refractivity contribution is -0.127. The predicted octanol–water partition coefficient (Wildman–Crippen LogP) is 2.67. The Kier molecular flexibility index (Phi) is 2.80. The highest BCUT2D eigenvalue weighted by molar-refractivity contribution is 6.30. The second-order valence-electron chi connectivity index (χ2n) is 6.63. The summed E-state index contributed by atoms with van der Waals surface area (Å²) >= 11 is 5.93. The molecule has 3 fully saturated rings. The highest BCUT2D eigenvalue weighted by Gasteiger charge is 2.60. The molecule has 3 aliphatic heterocycles. The molecule has 1 amide bonds. The van der Waals surface area contributed by atoms with E-state index in [9.17, 15) is 4.79 Å². The summed E-state index contributed by atoms with van der Waals surface area (Å²) in [5.74, 6) is 1.22. The minimum Gasteiger partial charge on any atom is -0.371 e. The van der Waals surface area contributed by atoms with Crippen molar-refractivity contribution in [2.45, 2.75) is 37.9 Å². The maximum absolute atomic E-state index is 12.6. The van der Waals surface area contributed by atoms with Crippen LogP contribution in [0.5, 0.6) is 0 Å². The zero-order chi connectivity index (χ0) is 13.9. The highest BCUT2D eigenvalue weighted by atomic mass is 35.5. The minimum atomic E-state index is 0.0121. The first kappa shape index (κ1) is 12.9. The van der Waals surface area contributed by atoms with Gasteiger partial charge in [0, 0.05) is 42.0 Å². The van der Waals surface area contributed by atoms with Crippen LogP contribution in [-0.4, -0.2) is 35.6 Å². The fourth-order valence-electron chi connectivity index (χ4n) is 4.35. The highest BCUT2D eigenvalue weighted by Crippen LogP contribution is 2.54. The molecule has 2 bridgehead atoms. The number of ether oxygens (including phenoxy) is 1. The summed E-state index contributed by atoms with van der Waals surface area (Å²) in [6.07, 6.45) is 8.96. The first-order valence-corrected chi connectivity index (χ1v) is 7.81. The number of carbonyl (C=O) groups excluding carboxylic acids is 1. The molecule has 0 spiro atoms. The van der Waals surface area contributed by atoms with Gasteiger partial charge in [-0.3, -0.25) is 4.79 Å². The van der Waals surface area contributed by atoms with Crippen LogP contribution in [0, 0.1) is 18.3 Å². The van der Waals surface area contributed by atoms with Gasteiger partial charge in [0.05, 0.1) is 11.7 Å². The van der Waals surface area contributed by atoms with Crippen LogP contribution >= 0.6 is 11.6 Å². The Morgan fingerprint density at radius 2 is 2.30 bits per heavy atom. The van der Waals surface area contributed by atoms with Crippen LogP contribution in [0.4, 0.5) is 0 Å². The van der Waals surface area contributed by atoms with Gasteiger partial charge in [-0.05, 0) is 32.3 Å². The molecular weight excluding hydrogens is 274 g/mol. The molecule has 3 saturated heterocycles. The molecule has 4 heteroatoms. The number of hydrogen-bond acceptors (Lipinski definition) is 2. The molecule has 0 saturated carbocycles. The summed E-state index contributed by atoms with van der Waals surface area (Å²) in [7, 11) is 0. The molecule has 4 unspecified atom stereocenters. The second-order valence-corrected chi connectivity index (χ2v) is 7.12. The molecule has 3 nitrogen and oxygen atoms in total. The van der Waals surface area contributed by atoms with Crippen molar-refractivity contribution in [2.75, 3.05) is 13.1 Å². The van der Waals surface area contributed by atoms with Gasteiger partial charge in [-0.1, -0.05) is 17.7 Å². The van der Waals surface area contributed by atoms with Crippen LogP contribution in [-0.2, 0) is 9.53 Å². The number of amides is 1. The van der Waals surface area contributed by atoms with Crippen molar-refractivity contribution >= 4 is 17.5 Å². The van der Waals surface area contributed by atoms with Crippen molar-refractivity contribution in [2.24, 2.45) is 11.8 Å². The number of carbonyl (C=O) groups is 1. The molecule has 0 N–H and O–H groups in total. The summed E-state index contributed by atoms with van der Waals surface area (Å²) in [6, 6.07) is 0. The second kappa shape index (κ2) is 4.35. The van der Waals surface area contributed by atoms with Crippen molar-refractivity contribution in [3.63, 3.8) is 0 Å². The molecule has 4 aliphatic rings. The molecule has 1 aliphatic carbocycles. The smallest absolute Gasteiger partial charge is 0.250 e. The maximum atomic E-state index is 12.6. The van der Waals surface area contributed by atoms with E-state index in [2.05, 4.69) is 6.92 Å². The largest absolute Gasteiger partial charge is 0.371 e. The molecular formula is C16H19ClNO2. The average Bonchev–Trinajstić information content (AvgIpc) is 3.08. The van der Waals surface area contributed by atoms with Gasteiger partial charge >= 0.3 is 0 Å². The van der Waals surface area contributed by atoms with Crippen LogP contribution in [0.1, 0.15) is 26.2 Å². The molecule has 0 aromatic heterocycles. The number of halogens is 1. The standard InChI is InChI=1S/C16H19ClNO2/c1-16-7-6-14(20-16)12-8-18(9-13(12)16)15(19)10-2-4-11(17)5-3-10/h2-4,12-14H,5-9H2,1H3. The quantitative estimate of drug-likeness (QED) is 0.744. The van der Waals surface area contributed by atoms with Gasteiger partial charge in [-0.25, -0.2) is 0 Å². The number of nitrogens with zero attached hydrogens (tertiary/aromatic N) is 1. The third kappa shape index (κ3) is 1.79. The van der Waals surface area contributed by atoms with Crippen molar-refractivity contribution in [3.8, 4) is 0 Å². The molecule has 1 radical (unpaired) electrons. The number of likely N-dealkylation sites (tertiary alicyclic amines) is 1. The Morgan fingerprint density at radius 3 is 3.00 bits per heavy atom. The van der Waals surface area contributed by atoms with Crippen LogP contribution in [0.3, 0.4) is 0 Å². The minimum absolute atomic E-state index is 0.0121. The van der Waals surface area contributed by atoms with Crippen LogP contribution in [0.25, 0.3) is 0 Å². The monoisotopic (exact) mass is 292 g/mol. The van der Waals surface area contributed by atoms with E-state index < -0.39 is 0 Å². The van der Waals surface area contributed by atoms with Gasteiger partial charge in [0.2, 0.25) is 5.91 Å². The van der Waals surface area contributed by atoms with Crippen molar-refractivity contribution in [1.29, 1.82) is 0 Å². The summed E-state index contributed by atoms with van der Waals surface area (Å²) in [5, 5.41) is 0.791. The Hall–Kier alpha value is -0.800.